The summed E-state index contributed by atoms with van der Waals surface area (Å²) in [6, 6.07) is 0. The molecule has 0 saturated heterocycles. The summed E-state index contributed by atoms with van der Waals surface area (Å²) < 4.78 is 32.8. The topological polar surface area (TPSA) is 134 Å². The minimum Gasteiger partial charge on any atom is -0.462 e. The third-order valence-corrected chi connectivity index (χ3v) is 12.9. The number of hydrogen-bond acceptors (Lipinski definition) is 8. The number of allylic oxidation sites excluding steroid dienone is 2. The van der Waals surface area contributed by atoms with Crippen LogP contribution in [0.5, 0.6) is 0 Å². The first kappa shape index (κ1) is 60.8. The number of hydrogen-bond donors (Lipinski definition) is 2. The standard InChI is InChI=1S/C52H102NO8P/c1-3-5-7-9-11-13-15-16-17-18-19-20-21-22-23-24-25-26-27-28-29-30-31-32-33-34-35-37-38-40-42-44-51(54)58-48-50(49-60-62(56,57)59-47-46-53)61-52(55)45-43-41-39-36-14-12-10-8-6-4-2/h8,10,50H,3-7,9,11-49,53H2,1-2H3,(H,56,57)/b10-8-. The first-order valence-electron chi connectivity index (χ1n) is 26.7. The van der Waals surface area contributed by atoms with Gasteiger partial charge in [0, 0.05) is 19.4 Å². The number of carbonyl (C=O) groups excluding carboxylic acids is 2. The van der Waals surface area contributed by atoms with E-state index < -0.39 is 26.5 Å². The monoisotopic (exact) mass is 900 g/mol. The van der Waals surface area contributed by atoms with E-state index in [4.69, 9.17) is 24.3 Å². The zero-order valence-corrected chi connectivity index (χ0v) is 41.8. The Bertz CT molecular complexity index is 1030. The average molecular weight is 900 g/mol. The molecule has 0 aliphatic heterocycles. The molecule has 62 heavy (non-hydrogen) atoms. The molecule has 0 aromatic heterocycles. The highest BCUT2D eigenvalue weighted by atomic mass is 31.2. The van der Waals surface area contributed by atoms with Crippen molar-refractivity contribution in [1.82, 2.24) is 0 Å². The summed E-state index contributed by atoms with van der Waals surface area (Å²) in [7, 11) is -4.37. The number of carbonyl (C=O) groups is 2. The first-order chi connectivity index (χ1) is 30.3. The van der Waals surface area contributed by atoms with E-state index in [1.54, 1.807) is 0 Å². The van der Waals surface area contributed by atoms with Crippen molar-refractivity contribution in [3.63, 3.8) is 0 Å². The summed E-state index contributed by atoms with van der Waals surface area (Å²) in [5.41, 5.74) is 5.35. The van der Waals surface area contributed by atoms with Crippen molar-refractivity contribution in [2.24, 2.45) is 5.73 Å². The van der Waals surface area contributed by atoms with Crippen molar-refractivity contribution >= 4 is 19.8 Å². The summed E-state index contributed by atoms with van der Waals surface area (Å²) in [5, 5.41) is 0. The zero-order chi connectivity index (χ0) is 45.3. The summed E-state index contributed by atoms with van der Waals surface area (Å²) >= 11 is 0. The predicted molar refractivity (Wildman–Crippen MR) is 261 cm³/mol. The molecule has 0 aromatic rings. The second kappa shape index (κ2) is 49.2. The van der Waals surface area contributed by atoms with Gasteiger partial charge in [0.05, 0.1) is 13.2 Å². The average Bonchev–Trinajstić information content (AvgIpc) is 3.26. The molecule has 0 rings (SSSR count). The van der Waals surface area contributed by atoms with E-state index in [1.807, 2.05) is 0 Å². The molecule has 0 saturated carbocycles. The van der Waals surface area contributed by atoms with E-state index in [0.717, 1.165) is 57.8 Å². The Morgan fingerprint density at radius 2 is 0.823 bits per heavy atom. The molecule has 2 unspecified atom stereocenters. The number of rotatable bonds is 51. The van der Waals surface area contributed by atoms with Crippen LogP contribution in [-0.4, -0.2) is 49.3 Å². The third kappa shape index (κ3) is 48.2. The molecule has 9 nitrogen and oxygen atoms in total. The molecule has 368 valence electrons. The van der Waals surface area contributed by atoms with E-state index in [2.05, 4.69) is 26.0 Å². The highest BCUT2D eigenvalue weighted by Crippen LogP contribution is 2.43. The maximum absolute atomic E-state index is 12.5. The maximum Gasteiger partial charge on any atom is 0.472 e. The Hall–Kier alpha value is -1.25. The van der Waals surface area contributed by atoms with Crippen molar-refractivity contribution in [2.75, 3.05) is 26.4 Å². The van der Waals surface area contributed by atoms with Crippen molar-refractivity contribution in [1.29, 1.82) is 0 Å². The van der Waals surface area contributed by atoms with Crippen molar-refractivity contribution in [3.05, 3.63) is 12.2 Å². The van der Waals surface area contributed by atoms with Gasteiger partial charge in [0.15, 0.2) is 6.10 Å². The van der Waals surface area contributed by atoms with Crippen LogP contribution in [0, 0.1) is 0 Å². The molecule has 0 aliphatic carbocycles. The van der Waals surface area contributed by atoms with Gasteiger partial charge < -0.3 is 20.1 Å². The van der Waals surface area contributed by atoms with Crippen molar-refractivity contribution in [3.8, 4) is 0 Å². The summed E-state index contributed by atoms with van der Waals surface area (Å²) in [4.78, 5) is 34.9. The lowest BCUT2D eigenvalue weighted by atomic mass is 10.0. The fourth-order valence-electron chi connectivity index (χ4n) is 7.94. The molecule has 10 heteroatoms. The number of phosphoric ester groups is 1. The number of unbranched alkanes of at least 4 members (excludes halogenated alkanes) is 36. The first-order valence-corrected chi connectivity index (χ1v) is 28.2. The molecule has 0 radical (unpaired) electrons. The molecule has 0 heterocycles. The van der Waals surface area contributed by atoms with E-state index in [-0.39, 0.29) is 38.6 Å². The predicted octanol–water partition coefficient (Wildman–Crippen LogP) is 16.1. The number of ether oxygens (including phenoxy) is 2. The van der Waals surface area contributed by atoms with E-state index in [1.165, 1.54) is 186 Å². The van der Waals surface area contributed by atoms with Crippen LogP contribution in [0.1, 0.15) is 277 Å². The van der Waals surface area contributed by atoms with Crippen LogP contribution < -0.4 is 5.73 Å². The summed E-state index contributed by atoms with van der Waals surface area (Å²) in [6.45, 7) is 3.70. The number of phosphoric acid groups is 1. The Balaban J connectivity index is 3.76. The van der Waals surface area contributed by atoms with Crippen LogP contribution >= 0.6 is 7.82 Å². The molecule has 0 aromatic carbocycles. The molecular formula is C52H102NO8P. The van der Waals surface area contributed by atoms with Gasteiger partial charge in [-0.2, -0.15) is 0 Å². The van der Waals surface area contributed by atoms with Crippen molar-refractivity contribution < 1.29 is 37.6 Å². The largest absolute Gasteiger partial charge is 0.472 e. The van der Waals surface area contributed by atoms with E-state index in [9.17, 15) is 19.0 Å². The van der Waals surface area contributed by atoms with Gasteiger partial charge in [-0.15, -0.1) is 0 Å². The van der Waals surface area contributed by atoms with Gasteiger partial charge in [0.25, 0.3) is 0 Å². The smallest absolute Gasteiger partial charge is 0.462 e. The minimum atomic E-state index is -4.37. The lowest BCUT2D eigenvalue weighted by molar-refractivity contribution is -0.161. The fourth-order valence-corrected chi connectivity index (χ4v) is 8.70. The molecule has 0 bridgehead atoms. The van der Waals surface area contributed by atoms with Crippen LogP contribution in [0.2, 0.25) is 0 Å². The highest BCUT2D eigenvalue weighted by molar-refractivity contribution is 7.47. The summed E-state index contributed by atoms with van der Waals surface area (Å²) in [6.07, 6.45) is 54.4. The van der Waals surface area contributed by atoms with E-state index in [0.29, 0.717) is 6.42 Å². The molecule has 0 fully saturated rings. The molecule has 2 atom stereocenters. The maximum atomic E-state index is 12.5. The van der Waals surface area contributed by atoms with Gasteiger partial charge >= 0.3 is 19.8 Å². The van der Waals surface area contributed by atoms with Crippen LogP contribution in [0.4, 0.5) is 0 Å². The van der Waals surface area contributed by atoms with Gasteiger partial charge in [-0.05, 0) is 32.1 Å². The Labute approximate surface area is 383 Å². The van der Waals surface area contributed by atoms with Gasteiger partial charge in [-0.25, -0.2) is 4.57 Å². The van der Waals surface area contributed by atoms with Crippen LogP contribution in [-0.2, 0) is 32.7 Å². The molecule has 0 amide bonds. The van der Waals surface area contributed by atoms with Gasteiger partial charge in [-0.1, -0.05) is 244 Å². The van der Waals surface area contributed by atoms with Gasteiger partial charge in [0.1, 0.15) is 6.61 Å². The lowest BCUT2D eigenvalue weighted by Gasteiger charge is -2.19. The Kier molecular flexibility index (Phi) is 48.2. The minimum absolute atomic E-state index is 0.0548. The molecule has 0 spiro atoms. The summed E-state index contributed by atoms with van der Waals surface area (Å²) in [5.74, 6) is -0.827. The lowest BCUT2D eigenvalue weighted by Crippen LogP contribution is -2.29. The number of esters is 2. The van der Waals surface area contributed by atoms with Gasteiger partial charge in [-0.3, -0.25) is 18.6 Å². The Morgan fingerprint density at radius 3 is 1.21 bits per heavy atom. The van der Waals surface area contributed by atoms with Crippen LogP contribution in [0.3, 0.4) is 0 Å². The van der Waals surface area contributed by atoms with Crippen molar-refractivity contribution in [2.45, 2.75) is 283 Å². The normalized spacial score (nSPS) is 13.2. The third-order valence-electron chi connectivity index (χ3n) is 11.9. The second-order valence-electron chi connectivity index (χ2n) is 18.1. The molecule has 0 aliphatic rings. The number of nitrogens with two attached hydrogens (primary N) is 1. The second-order valence-corrected chi connectivity index (χ2v) is 19.6. The zero-order valence-electron chi connectivity index (χ0n) is 40.9. The van der Waals surface area contributed by atoms with Crippen LogP contribution in [0.25, 0.3) is 0 Å². The van der Waals surface area contributed by atoms with E-state index >= 15 is 0 Å². The van der Waals surface area contributed by atoms with Gasteiger partial charge in [0.2, 0.25) is 0 Å². The quantitative estimate of drug-likeness (QED) is 0.0265. The SMILES string of the molecule is CCC/C=C\CCCCCCCC(=O)OC(COC(=O)CCCCCCCCCCCCCCCCCCCCCCCCCCCCCCCCC)COP(=O)(O)OCCN. The highest BCUT2D eigenvalue weighted by Gasteiger charge is 2.26. The molecular weight excluding hydrogens is 798 g/mol. The molecule has 3 N–H and O–H groups in total. The van der Waals surface area contributed by atoms with Crippen LogP contribution in [0.15, 0.2) is 12.2 Å². The Morgan fingerprint density at radius 1 is 0.468 bits per heavy atom. The fraction of sp³-hybridized carbons (Fsp3) is 0.923.